The molecule has 0 aliphatic carbocycles. The molecule has 0 saturated carbocycles. The minimum absolute atomic E-state index is 0.0533. The average molecular weight is 519 g/mol. The SMILES string of the molecule is COc1ccc(Cl)cc1NC(=O)CN(c1cc(C)cc(C)c1)S(=O)(=O)c1ccc(OC)c(OC)c1. The molecule has 1 N–H and O–H groups in total. The predicted octanol–water partition coefficient (Wildman–Crippen LogP) is 4.82. The zero-order valence-electron chi connectivity index (χ0n) is 20.1. The number of aryl methyl sites for hydroxylation is 2. The standard InChI is InChI=1S/C25H27ClN2O6S/c1-16-10-17(2)12-19(11-16)28(15-25(29)27-21-13-18(26)6-8-22(21)32-3)35(30,31)20-7-9-23(33-4)24(14-20)34-5/h6-14H,15H2,1-5H3,(H,27,29). The van der Waals surface area contributed by atoms with E-state index in [2.05, 4.69) is 5.32 Å². The van der Waals surface area contributed by atoms with E-state index in [-0.39, 0.29) is 10.6 Å². The van der Waals surface area contributed by atoms with Crippen molar-refractivity contribution in [2.24, 2.45) is 0 Å². The Morgan fingerprint density at radius 3 is 2.06 bits per heavy atom. The second-order valence-electron chi connectivity index (χ2n) is 7.77. The van der Waals surface area contributed by atoms with E-state index in [9.17, 15) is 13.2 Å². The number of sulfonamides is 1. The number of hydrogen-bond donors (Lipinski definition) is 1. The lowest BCUT2D eigenvalue weighted by Gasteiger charge is -2.25. The molecule has 35 heavy (non-hydrogen) atoms. The van der Waals surface area contributed by atoms with Gasteiger partial charge in [0.25, 0.3) is 10.0 Å². The van der Waals surface area contributed by atoms with Gasteiger partial charge in [0.15, 0.2) is 11.5 Å². The molecule has 0 aromatic heterocycles. The summed E-state index contributed by atoms with van der Waals surface area (Å²) in [7, 11) is 0.163. The van der Waals surface area contributed by atoms with E-state index in [1.54, 1.807) is 24.3 Å². The van der Waals surface area contributed by atoms with Crippen LogP contribution in [0, 0.1) is 13.8 Å². The number of hydrogen-bond acceptors (Lipinski definition) is 6. The van der Waals surface area contributed by atoms with Gasteiger partial charge in [-0.25, -0.2) is 8.42 Å². The largest absolute Gasteiger partial charge is 0.495 e. The van der Waals surface area contributed by atoms with Crippen molar-refractivity contribution in [1.82, 2.24) is 0 Å². The minimum Gasteiger partial charge on any atom is -0.495 e. The van der Waals surface area contributed by atoms with Gasteiger partial charge in [-0.05, 0) is 67.4 Å². The molecule has 0 saturated heterocycles. The highest BCUT2D eigenvalue weighted by Crippen LogP contribution is 2.33. The number of carbonyl (C=O) groups is 1. The fourth-order valence-electron chi connectivity index (χ4n) is 3.61. The third-order valence-electron chi connectivity index (χ3n) is 5.16. The summed E-state index contributed by atoms with van der Waals surface area (Å²) in [4.78, 5) is 13.0. The van der Waals surface area contributed by atoms with E-state index in [1.807, 2.05) is 19.9 Å². The molecule has 3 rings (SSSR count). The molecule has 0 aliphatic rings. The topological polar surface area (TPSA) is 94.2 Å². The Morgan fingerprint density at radius 2 is 1.46 bits per heavy atom. The van der Waals surface area contributed by atoms with E-state index in [1.165, 1.54) is 45.6 Å². The van der Waals surface area contributed by atoms with Crippen LogP contribution < -0.4 is 23.8 Å². The second-order valence-corrected chi connectivity index (χ2v) is 10.1. The molecule has 10 heteroatoms. The van der Waals surface area contributed by atoms with Crippen LogP contribution in [0.1, 0.15) is 11.1 Å². The molecular formula is C25H27ClN2O6S. The van der Waals surface area contributed by atoms with Gasteiger partial charge >= 0.3 is 0 Å². The Morgan fingerprint density at radius 1 is 0.857 bits per heavy atom. The first kappa shape index (κ1) is 26.2. The molecular weight excluding hydrogens is 492 g/mol. The zero-order chi connectivity index (χ0) is 25.8. The fourth-order valence-corrected chi connectivity index (χ4v) is 5.20. The maximum Gasteiger partial charge on any atom is 0.264 e. The third kappa shape index (κ3) is 5.98. The summed E-state index contributed by atoms with van der Waals surface area (Å²) in [6.07, 6.45) is 0. The number of amides is 1. The molecule has 0 fully saturated rings. The summed E-state index contributed by atoms with van der Waals surface area (Å²) in [5.41, 5.74) is 2.38. The smallest absolute Gasteiger partial charge is 0.264 e. The zero-order valence-corrected chi connectivity index (χ0v) is 21.7. The predicted molar refractivity (Wildman–Crippen MR) is 137 cm³/mol. The Bertz CT molecular complexity index is 1320. The summed E-state index contributed by atoms with van der Waals surface area (Å²) >= 11 is 6.06. The highest BCUT2D eigenvalue weighted by atomic mass is 35.5. The van der Waals surface area contributed by atoms with Crippen molar-refractivity contribution in [3.63, 3.8) is 0 Å². The van der Waals surface area contributed by atoms with Gasteiger partial charge in [0.05, 0.1) is 37.6 Å². The van der Waals surface area contributed by atoms with Crippen LogP contribution in [0.3, 0.4) is 0 Å². The Labute approximate surface area is 210 Å². The number of nitrogens with zero attached hydrogens (tertiary/aromatic N) is 1. The molecule has 8 nitrogen and oxygen atoms in total. The van der Waals surface area contributed by atoms with Crippen LogP contribution >= 0.6 is 11.6 Å². The highest BCUT2D eigenvalue weighted by molar-refractivity contribution is 7.92. The summed E-state index contributed by atoms with van der Waals surface area (Å²) in [6, 6.07) is 14.4. The summed E-state index contributed by atoms with van der Waals surface area (Å²) in [5, 5.41) is 3.09. The van der Waals surface area contributed by atoms with Gasteiger partial charge in [-0.1, -0.05) is 17.7 Å². The lowest BCUT2D eigenvalue weighted by atomic mass is 10.1. The molecule has 0 unspecified atom stereocenters. The maximum atomic E-state index is 13.8. The fraction of sp³-hybridized carbons (Fsp3) is 0.240. The van der Waals surface area contributed by atoms with Gasteiger partial charge in [0.1, 0.15) is 12.3 Å². The number of rotatable bonds is 9. The van der Waals surface area contributed by atoms with Gasteiger partial charge < -0.3 is 19.5 Å². The van der Waals surface area contributed by atoms with E-state index in [0.717, 1.165) is 15.4 Å². The van der Waals surface area contributed by atoms with Gasteiger partial charge in [0, 0.05) is 11.1 Å². The third-order valence-corrected chi connectivity index (χ3v) is 7.17. The van der Waals surface area contributed by atoms with Crippen molar-refractivity contribution >= 4 is 38.9 Å². The monoisotopic (exact) mass is 518 g/mol. The van der Waals surface area contributed by atoms with Crippen molar-refractivity contribution in [3.05, 3.63) is 70.7 Å². The molecule has 3 aromatic rings. The van der Waals surface area contributed by atoms with Crippen molar-refractivity contribution in [3.8, 4) is 17.2 Å². The lowest BCUT2D eigenvalue weighted by Crippen LogP contribution is -2.38. The van der Waals surface area contributed by atoms with Crippen LogP contribution in [-0.2, 0) is 14.8 Å². The number of nitrogens with one attached hydrogen (secondary N) is 1. The molecule has 3 aromatic carbocycles. The molecule has 186 valence electrons. The van der Waals surface area contributed by atoms with E-state index in [4.69, 9.17) is 25.8 Å². The van der Waals surface area contributed by atoms with E-state index < -0.39 is 22.5 Å². The molecule has 0 radical (unpaired) electrons. The average Bonchev–Trinajstić information content (AvgIpc) is 2.81. The van der Waals surface area contributed by atoms with Crippen molar-refractivity contribution in [2.75, 3.05) is 37.5 Å². The normalized spacial score (nSPS) is 11.0. The quantitative estimate of drug-likeness (QED) is 0.436. The molecule has 0 bridgehead atoms. The molecule has 0 aliphatic heterocycles. The molecule has 1 amide bonds. The Balaban J connectivity index is 2.05. The van der Waals surface area contributed by atoms with Crippen LogP contribution in [0.4, 0.5) is 11.4 Å². The second kappa shape index (κ2) is 10.9. The Hall–Kier alpha value is -3.43. The minimum atomic E-state index is -4.18. The van der Waals surface area contributed by atoms with E-state index >= 15 is 0 Å². The first-order valence-electron chi connectivity index (χ1n) is 10.6. The van der Waals surface area contributed by atoms with Gasteiger partial charge in [0.2, 0.25) is 5.91 Å². The van der Waals surface area contributed by atoms with E-state index in [0.29, 0.717) is 27.9 Å². The number of halogens is 1. The van der Waals surface area contributed by atoms with Crippen molar-refractivity contribution in [2.45, 2.75) is 18.7 Å². The van der Waals surface area contributed by atoms with Gasteiger partial charge in [-0.2, -0.15) is 0 Å². The van der Waals surface area contributed by atoms with Crippen LogP contribution in [0.2, 0.25) is 5.02 Å². The summed E-state index contributed by atoms with van der Waals surface area (Å²) < 4.78 is 44.4. The number of methoxy groups -OCH3 is 3. The first-order valence-corrected chi connectivity index (χ1v) is 12.4. The number of ether oxygens (including phenoxy) is 3. The molecule has 0 atom stereocenters. The van der Waals surface area contributed by atoms with Crippen LogP contribution in [0.5, 0.6) is 17.2 Å². The van der Waals surface area contributed by atoms with Gasteiger partial charge in [-0.3, -0.25) is 9.10 Å². The van der Waals surface area contributed by atoms with Crippen LogP contribution in [0.15, 0.2) is 59.5 Å². The van der Waals surface area contributed by atoms with Crippen molar-refractivity contribution in [1.29, 1.82) is 0 Å². The molecule has 0 heterocycles. The number of anilines is 2. The number of benzene rings is 3. The van der Waals surface area contributed by atoms with Gasteiger partial charge in [-0.15, -0.1) is 0 Å². The summed E-state index contributed by atoms with van der Waals surface area (Å²) in [6.45, 7) is 3.22. The van der Waals surface area contributed by atoms with Crippen LogP contribution in [0.25, 0.3) is 0 Å². The molecule has 0 spiro atoms. The van der Waals surface area contributed by atoms with Crippen LogP contribution in [-0.4, -0.2) is 42.2 Å². The Kier molecular flexibility index (Phi) is 8.14. The lowest BCUT2D eigenvalue weighted by molar-refractivity contribution is -0.114. The maximum absolute atomic E-state index is 13.8. The number of carbonyl (C=O) groups excluding carboxylic acids is 1. The van der Waals surface area contributed by atoms with Crippen molar-refractivity contribution < 1.29 is 27.4 Å². The summed E-state index contributed by atoms with van der Waals surface area (Å²) in [5.74, 6) is 0.453. The first-order chi connectivity index (χ1) is 16.6. The highest BCUT2D eigenvalue weighted by Gasteiger charge is 2.29.